The molecule has 0 aromatic heterocycles. The number of hydrogen-bond acceptors (Lipinski definition) is 4. The van der Waals surface area contributed by atoms with Gasteiger partial charge >= 0.3 is 0 Å². The van der Waals surface area contributed by atoms with Crippen molar-refractivity contribution >= 4 is 40.1 Å². The van der Waals surface area contributed by atoms with Crippen LogP contribution in [-0.2, 0) is 11.3 Å². The molecule has 0 aliphatic carbocycles. The van der Waals surface area contributed by atoms with Gasteiger partial charge in [-0.1, -0.05) is 60.7 Å². The van der Waals surface area contributed by atoms with E-state index in [1.165, 1.54) is 0 Å². The lowest BCUT2D eigenvalue weighted by Gasteiger charge is -2.18. The van der Waals surface area contributed by atoms with Crippen LogP contribution in [0.1, 0.15) is 27.0 Å². The molecule has 6 nitrogen and oxygen atoms in total. The lowest BCUT2D eigenvalue weighted by molar-refractivity contribution is -0.110. The normalized spacial score (nSPS) is 13.6. The van der Waals surface area contributed by atoms with Gasteiger partial charge in [-0.25, -0.2) is 0 Å². The Morgan fingerprint density at radius 3 is 2.21 bits per heavy atom. The second-order valence-corrected chi connectivity index (χ2v) is 9.59. The summed E-state index contributed by atoms with van der Waals surface area (Å²) in [6.07, 6.45) is 0. The Labute approximate surface area is 223 Å². The molecule has 38 heavy (non-hydrogen) atoms. The number of rotatable bonds is 7. The number of hydrogen-bond donors (Lipinski definition) is 2. The van der Waals surface area contributed by atoms with E-state index in [1.807, 2.05) is 86.9 Å². The summed E-state index contributed by atoms with van der Waals surface area (Å²) in [6.45, 7) is 0.802. The second-order valence-electron chi connectivity index (χ2n) is 9.59. The molecule has 4 aromatic rings. The standard InChI is InChI=1S/C32H30N4O2/c1-35(2)21-22-11-10-14-25(19-22)33-30(23-12-6-4-7-13-23)29-27-20-24(17-18-28(27)34-31(29)37)32(38)36(3)26-15-8-5-9-16-26/h4-20,33H,21H2,1-3H3,(H,34,37). The Bertz CT molecular complexity index is 1510. The molecule has 5 rings (SSSR count). The molecule has 1 heterocycles. The van der Waals surface area contributed by atoms with Gasteiger partial charge in [0.25, 0.3) is 11.8 Å². The van der Waals surface area contributed by atoms with E-state index in [2.05, 4.69) is 27.7 Å². The topological polar surface area (TPSA) is 64.7 Å². The summed E-state index contributed by atoms with van der Waals surface area (Å²) in [4.78, 5) is 30.5. The van der Waals surface area contributed by atoms with Crippen LogP contribution in [0.4, 0.5) is 17.1 Å². The summed E-state index contributed by atoms with van der Waals surface area (Å²) in [7, 11) is 5.82. The van der Waals surface area contributed by atoms with Gasteiger partial charge in [0, 0.05) is 41.8 Å². The zero-order valence-electron chi connectivity index (χ0n) is 21.7. The summed E-state index contributed by atoms with van der Waals surface area (Å²) in [5.74, 6) is -0.361. The predicted molar refractivity (Wildman–Crippen MR) is 155 cm³/mol. The molecule has 190 valence electrons. The van der Waals surface area contributed by atoms with Crippen LogP contribution in [0.15, 0.2) is 103 Å². The van der Waals surface area contributed by atoms with Crippen LogP contribution >= 0.6 is 0 Å². The molecule has 1 aliphatic heterocycles. The fourth-order valence-corrected chi connectivity index (χ4v) is 4.65. The highest BCUT2D eigenvalue weighted by molar-refractivity contribution is 6.37. The van der Waals surface area contributed by atoms with Crippen LogP contribution in [0.5, 0.6) is 0 Å². The first-order valence-corrected chi connectivity index (χ1v) is 12.5. The van der Waals surface area contributed by atoms with Gasteiger partial charge in [0.15, 0.2) is 0 Å². The van der Waals surface area contributed by atoms with E-state index < -0.39 is 0 Å². The number of benzene rings is 4. The second kappa shape index (κ2) is 10.7. The average molecular weight is 503 g/mol. The van der Waals surface area contributed by atoms with Crippen molar-refractivity contribution in [2.75, 3.05) is 36.7 Å². The molecule has 2 N–H and O–H groups in total. The number of fused-ring (bicyclic) bond motifs is 1. The molecule has 0 saturated carbocycles. The third-order valence-electron chi connectivity index (χ3n) is 6.47. The molecular formula is C32H30N4O2. The van der Waals surface area contributed by atoms with Crippen LogP contribution in [0.2, 0.25) is 0 Å². The largest absolute Gasteiger partial charge is 0.354 e. The number of nitrogens with zero attached hydrogens (tertiary/aromatic N) is 2. The quantitative estimate of drug-likeness (QED) is 0.306. The smallest absolute Gasteiger partial charge is 0.258 e. The van der Waals surface area contributed by atoms with Crippen LogP contribution in [0.3, 0.4) is 0 Å². The van der Waals surface area contributed by atoms with E-state index in [1.54, 1.807) is 30.1 Å². The first-order chi connectivity index (χ1) is 18.4. The van der Waals surface area contributed by atoms with Crippen LogP contribution < -0.4 is 15.5 Å². The highest BCUT2D eigenvalue weighted by atomic mass is 16.2. The van der Waals surface area contributed by atoms with E-state index in [-0.39, 0.29) is 11.8 Å². The maximum atomic E-state index is 13.4. The first-order valence-electron chi connectivity index (χ1n) is 12.5. The van der Waals surface area contributed by atoms with Crippen molar-refractivity contribution < 1.29 is 9.59 Å². The maximum Gasteiger partial charge on any atom is 0.258 e. The minimum Gasteiger partial charge on any atom is -0.354 e. The van der Waals surface area contributed by atoms with Crippen molar-refractivity contribution in [1.29, 1.82) is 0 Å². The van der Waals surface area contributed by atoms with Gasteiger partial charge in [-0.15, -0.1) is 0 Å². The van der Waals surface area contributed by atoms with Gasteiger partial charge in [-0.05, 0) is 67.7 Å². The Morgan fingerprint density at radius 1 is 0.789 bits per heavy atom. The number of amides is 2. The molecular weight excluding hydrogens is 472 g/mol. The van der Waals surface area contributed by atoms with Crippen LogP contribution in [0.25, 0.3) is 11.3 Å². The predicted octanol–water partition coefficient (Wildman–Crippen LogP) is 5.96. The summed E-state index contributed by atoms with van der Waals surface area (Å²) in [5, 5.41) is 6.50. The number of nitrogens with one attached hydrogen (secondary N) is 2. The lowest BCUT2D eigenvalue weighted by Crippen LogP contribution is -2.26. The Morgan fingerprint density at radius 2 is 1.50 bits per heavy atom. The maximum absolute atomic E-state index is 13.4. The molecule has 2 amide bonds. The SMILES string of the molecule is CN(C)Cc1cccc(NC(=C2C(=O)Nc3ccc(C(=O)N(C)c4ccccc4)cc32)c2ccccc2)c1. The molecule has 0 saturated heterocycles. The van der Waals surface area contributed by atoms with Gasteiger partial charge in [0.05, 0.1) is 11.3 Å². The van der Waals surface area contributed by atoms with Crippen LogP contribution in [-0.4, -0.2) is 37.9 Å². The lowest BCUT2D eigenvalue weighted by atomic mass is 9.98. The molecule has 6 heteroatoms. The fraction of sp³-hybridized carbons (Fsp3) is 0.125. The number of anilines is 3. The van der Waals surface area contributed by atoms with Crippen molar-refractivity contribution in [3.05, 3.63) is 125 Å². The minimum atomic E-state index is -0.211. The zero-order valence-corrected chi connectivity index (χ0v) is 21.7. The summed E-state index contributed by atoms with van der Waals surface area (Å²) in [5.41, 5.74) is 6.78. The third-order valence-corrected chi connectivity index (χ3v) is 6.47. The van der Waals surface area contributed by atoms with E-state index in [9.17, 15) is 9.59 Å². The van der Waals surface area contributed by atoms with Crippen molar-refractivity contribution in [2.45, 2.75) is 6.54 Å². The average Bonchev–Trinajstić information content (AvgIpc) is 3.26. The molecule has 4 aromatic carbocycles. The molecule has 0 unspecified atom stereocenters. The van der Waals surface area contributed by atoms with Crippen molar-refractivity contribution in [3.63, 3.8) is 0 Å². The summed E-state index contributed by atoms with van der Waals surface area (Å²) >= 11 is 0. The van der Waals surface area contributed by atoms with E-state index in [4.69, 9.17) is 0 Å². The molecule has 0 bridgehead atoms. The molecule has 0 fully saturated rings. The molecule has 0 radical (unpaired) electrons. The zero-order chi connectivity index (χ0) is 26.6. The molecule has 0 spiro atoms. The molecule has 1 aliphatic rings. The Kier molecular flexibility index (Phi) is 7.07. The summed E-state index contributed by atoms with van der Waals surface area (Å²) in [6, 6.07) is 32.8. The van der Waals surface area contributed by atoms with Gasteiger partial charge < -0.3 is 20.4 Å². The molecule has 0 atom stereocenters. The minimum absolute atomic E-state index is 0.150. The number of carbonyl (C=O) groups excluding carboxylic acids is 2. The van der Waals surface area contributed by atoms with Gasteiger partial charge in [0.1, 0.15) is 0 Å². The van der Waals surface area contributed by atoms with E-state index in [0.29, 0.717) is 28.1 Å². The van der Waals surface area contributed by atoms with Gasteiger partial charge in [-0.2, -0.15) is 0 Å². The third kappa shape index (κ3) is 5.21. The Hall–Kier alpha value is -4.68. The van der Waals surface area contributed by atoms with Crippen molar-refractivity contribution in [2.24, 2.45) is 0 Å². The summed E-state index contributed by atoms with van der Waals surface area (Å²) < 4.78 is 0. The highest BCUT2D eigenvalue weighted by Gasteiger charge is 2.30. The Balaban J connectivity index is 1.59. The fourth-order valence-electron chi connectivity index (χ4n) is 4.65. The number of carbonyl (C=O) groups is 2. The van der Waals surface area contributed by atoms with Gasteiger partial charge in [0.2, 0.25) is 0 Å². The van der Waals surface area contributed by atoms with Gasteiger partial charge in [-0.3, -0.25) is 9.59 Å². The first kappa shape index (κ1) is 25.0. The number of para-hydroxylation sites is 1. The highest BCUT2D eigenvalue weighted by Crippen LogP contribution is 2.38. The van der Waals surface area contributed by atoms with E-state index in [0.717, 1.165) is 29.0 Å². The monoisotopic (exact) mass is 502 g/mol. The van der Waals surface area contributed by atoms with Crippen molar-refractivity contribution in [1.82, 2.24) is 4.90 Å². The van der Waals surface area contributed by atoms with Crippen LogP contribution in [0, 0.1) is 0 Å². The van der Waals surface area contributed by atoms with Crippen molar-refractivity contribution in [3.8, 4) is 0 Å². The van der Waals surface area contributed by atoms with E-state index >= 15 is 0 Å².